The number of hydrogen-bond donors (Lipinski definition) is 0. The second-order valence-corrected chi connectivity index (χ2v) is 12.6. The molecule has 0 N–H and O–H groups in total. The van der Waals surface area contributed by atoms with Crippen LogP contribution in [0.1, 0.15) is 52.0 Å². The molecule has 0 spiro atoms. The van der Waals surface area contributed by atoms with Crippen LogP contribution in [0.4, 0.5) is 5.69 Å². The number of likely N-dealkylation sites (tertiary alicyclic amines) is 1. The Labute approximate surface area is 294 Å². The SMILES string of the molecule is CN(Cc1c(OCc2ccccc2)ccc2ccccc12)C(=O)c1cc(CN2CCC(n3cc(COc4ccc([N+](=O)[O-])cc4)nn3)CC2)on1. The number of piperidine rings is 1. The Bertz CT molecular complexity index is 2110. The zero-order valence-electron chi connectivity index (χ0n) is 28.1. The Hall–Kier alpha value is -6.08. The number of nitro benzene ring substituents is 1. The molecule has 0 saturated carbocycles. The van der Waals surface area contributed by atoms with Gasteiger partial charge < -0.3 is 18.9 Å². The summed E-state index contributed by atoms with van der Waals surface area (Å²) in [6, 6.07) is 30.0. The highest BCUT2D eigenvalue weighted by Crippen LogP contribution is 2.31. The third-order valence-electron chi connectivity index (χ3n) is 9.06. The number of aromatic nitrogens is 4. The van der Waals surface area contributed by atoms with Crippen LogP contribution >= 0.6 is 0 Å². The maximum atomic E-state index is 13.5. The summed E-state index contributed by atoms with van der Waals surface area (Å²) in [7, 11) is 1.77. The zero-order chi connectivity index (χ0) is 35.2. The normalized spacial score (nSPS) is 13.7. The fraction of sp³-hybridized carbons (Fsp3) is 0.263. The van der Waals surface area contributed by atoms with Crippen LogP contribution in [0.3, 0.4) is 0 Å². The van der Waals surface area contributed by atoms with Crippen molar-refractivity contribution in [2.75, 3.05) is 20.1 Å². The number of carbonyl (C=O) groups excluding carboxylic acids is 1. The van der Waals surface area contributed by atoms with E-state index in [1.807, 2.05) is 65.5 Å². The monoisotopic (exact) mass is 687 g/mol. The molecule has 7 rings (SSSR count). The van der Waals surface area contributed by atoms with Gasteiger partial charge in [0.05, 0.1) is 23.7 Å². The summed E-state index contributed by atoms with van der Waals surface area (Å²) in [5, 5.41) is 25.7. The number of nitro groups is 1. The van der Waals surface area contributed by atoms with E-state index in [0.29, 0.717) is 36.9 Å². The summed E-state index contributed by atoms with van der Waals surface area (Å²) in [4.78, 5) is 27.9. The van der Waals surface area contributed by atoms with Crippen LogP contribution in [0.25, 0.3) is 10.8 Å². The Morgan fingerprint density at radius 1 is 0.961 bits per heavy atom. The van der Waals surface area contributed by atoms with Gasteiger partial charge in [0, 0.05) is 50.4 Å². The molecular formula is C38H37N7O6. The summed E-state index contributed by atoms with van der Waals surface area (Å²) >= 11 is 0. The molecule has 13 heteroatoms. The quantitative estimate of drug-likeness (QED) is 0.0964. The third kappa shape index (κ3) is 8.05. The molecule has 51 heavy (non-hydrogen) atoms. The maximum absolute atomic E-state index is 13.5. The molecule has 1 amide bonds. The summed E-state index contributed by atoms with van der Waals surface area (Å²) in [6.45, 7) is 3.15. The van der Waals surface area contributed by atoms with Crippen molar-refractivity contribution < 1.29 is 23.7 Å². The number of hydrogen-bond acceptors (Lipinski definition) is 10. The van der Waals surface area contributed by atoms with Crippen molar-refractivity contribution in [3.8, 4) is 11.5 Å². The van der Waals surface area contributed by atoms with Gasteiger partial charge in [0.1, 0.15) is 30.4 Å². The van der Waals surface area contributed by atoms with E-state index in [2.05, 4.69) is 32.5 Å². The van der Waals surface area contributed by atoms with E-state index in [0.717, 1.165) is 53.6 Å². The van der Waals surface area contributed by atoms with Crippen molar-refractivity contribution in [3.05, 3.63) is 142 Å². The van der Waals surface area contributed by atoms with Gasteiger partial charge in [-0.15, -0.1) is 5.10 Å². The van der Waals surface area contributed by atoms with Gasteiger partial charge in [0.2, 0.25) is 0 Å². The molecule has 3 heterocycles. The summed E-state index contributed by atoms with van der Waals surface area (Å²) in [6.07, 6.45) is 3.62. The topological polar surface area (TPSA) is 142 Å². The Morgan fingerprint density at radius 2 is 1.73 bits per heavy atom. The molecule has 1 saturated heterocycles. The Kier molecular flexibility index (Phi) is 9.97. The van der Waals surface area contributed by atoms with Crippen molar-refractivity contribution >= 4 is 22.4 Å². The molecule has 0 unspecified atom stereocenters. The number of fused-ring (bicyclic) bond motifs is 1. The number of non-ortho nitro benzene ring substituents is 1. The van der Waals surface area contributed by atoms with Gasteiger partial charge in [-0.1, -0.05) is 71.0 Å². The zero-order valence-corrected chi connectivity index (χ0v) is 28.1. The smallest absolute Gasteiger partial charge is 0.276 e. The van der Waals surface area contributed by atoms with Crippen LogP contribution in [-0.2, 0) is 26.3 Å². The van der Waals surface area contributed by atoms with E-state index in [1.54, 1.807) is 30.1 Å². The third-order valence-corrected chi connectivity index (χ3v) is 9.06. The number of ether oxygens (including phenoxy) is 2. The van der Waals surface area contributed by atoms with Crippen LogP contribution in [0, 0.1) is 10.1 Å². The predicted molar refractivity (Wildman–Crippen MR) is 188 cm³/mol. The number of carbonyl (C=O) groups is 1. The van der Waals surface area contributed by atoms with E-state index in [9.17, 15) is 14.9 Å². The van der Waals surface area contributed by atoms with Crippen molar-refractivity contribution in [2.45, 2.75) is 45.2 Å². The van der Waals surface area contributed by atoms with Crippen LogP contribution in [-0.4, -0.2) is 60.9 Å². The van der Waals surface area contributed by atoms with E-state index >= 15 is 0 Å². The number of amides is 1. The molecule has 4 aromatic carbocycles. The van der Waals surface area contributed by atoms with E-state index < -0.39 is 4.92 Å². The Morgan fingerprint density at radius 3 is 2.51 bits per heavy atom. The molecule has 0 radical (unpaired) electrons. The molecule has 0 aliphatic carbocycles. The largest absolute Gasteiger partial charge is 0.489 e. The van der Waals surface area contributed by atoms with E-state index in [1.165, 1.54) is 12.1 Å². The van der Waals surface area contributed by atoms with E-state index in [4.69, 9.17) is 14.0 Å². The molecule has 2 aromatic heterocycles. The van der Waals surface area contributed by atoms with Crippen LogP contribution in [0.15, 0.2) is 108 Å². The first-order valence-electron chi connectivity index (χ1n) is 16.8. The maximum Gasteiger partial charge on any atom is 0.276 e. The van der Waals surface area contributed by atoms with Crippen molar-refractivity contribution in [1.82, 2.24) is 30.0 Å². The summed E-state index contributed by atoms with van der Waals surface area (Å²) in [5.74, 6) is 1.66. The van der Waals surface area contributed by atoms with Gasteiger partial charge in [-0.25, -0.2) is 4.68 Å². The second kappa shape index (κ2) is 15.2. The highest BCUT2D eigenvalue weighted by Gasteiger charge is 2.25. The first kappa shape index (κ1) is 33.4. The average Bonchev–Trinajstić information content (AvgIpc) is 3.84. The molecule has 1 aliphatic rings. The van der Waals surface area contributed by atoms with Gasteiger partial charge in [0.15, 0.2) is 11.5 Å². The minimum Gasteiger partial charge on any atom is -0.489 e. The minimum absolute atomic E-state index is 0.0111. The van der Waals surface area contributed by atoms with Crippen LogP contribution in [0.2, 0.25) is 0 Å². The van der Waals surface area contributed by atoms with Gasteiger partial charge in [0.25, 0.3) is 11.6 Å². The van der Waals surface area contributed by atoms with Crippen LogP contribution < -0.4 is 9.47 Å². The number of nitrogens with zero attached hydrogens (tertiary/aromatic N) is 7. The van der Waals surface area contributed by atoms with Crippen LogP contribution in [0.5, 0.6) is 11.5 Å². The lowest BCUT2D eigenvalue weighted by molar-refractivity contribution is -0.384. The molecule has 1 aliphatic heterocycles. The highest BCUT2D eigenvalue weighted by molar-refractivity contribution is 5.93. The van der Waals surface area contributed by atoms with Gasteiger partial charge in [-0.05, 0) is 47.4 Å². The molecule has 0 atom stereocenters. The van der Waals surface area contributed by atoms with Gasteiger partial charge in [-0.3, -0.25) is 19.8 Å². The average molecular weight is 688 g/mol. The number of benzene rings is 4. The molecule has 0 bridgehead atoms. The fourth-order valence-electron chi connectivity index (χ4n) is 6.28. The minimum atomic E-state index is -0.447. The highest BCUT2D eigenvalue weighted by atomic mass is 16.6. The van der Waals surface area contributed by atoms with Gasteiger partial charge >= 0.3 is 0 Å². The lowest BCUT2D eigenvalue weighted by atomic mass is 10.0. The number of rotatable bonds is 13. The Balaban J connectivity index is 0.920. The molecule has 13 nitrogen and oxygen atoms in total. The first-order chi connectivity index (χ1) is 24.9. The molecule has 260 valence electrons. The molecule has 1 fully saturated rings. The van der Waals surface area contributed by atoms with Crippen molar-refractivity contribution in [3.63, 3.8) is 0 Å². The molecular weight excluding hydrogens is 650 g/mol. The predicted octanol–water partition coefficient (Wildman–Crippen LogP) is 6.59. The molecule has 6 aromatic rings. The summed E-state index contributed by atoms with van der Waals surface area (Å²) < 4.78 is 19.5. The van der Waals surface area contributed by atoms with Crippen molar-refractivity contribution in [2.24, 2.45) is 0 Å². The van der Waals surface area contributed by atoms with Gasteiger partial charge in [-0.2, -0.15) is 0 Å². The lowest BCUT2D eigenvalue weighted by Crippen LogP contribution is -2.34. The standard InChI is InChI=1S/C38H37N7O6/c1-42(24-35-34-10-6-5-9-28(34)11-16-37(35)50-25-27-7-3-2-4-8-27)38(46)36-21-33(51-40-36)23-43-19-17-30(18-20-43)44-22-29(39-41-44)26-49-32-14-12-31(13-15-32)45(47)48/h2-16,21-22,30H,17-20,23-26H2,1H3. The second-order valence-electron chi connectivity index (χ2n) is 12.6. The fourth-order valence-corrected chi connectivity index (χ4v) is 6.28. The van der Waals surface area contributed by atoms with Crippen molar-refractivity contribution in [1.29, 1.82) is 0 Å². The lowest BCUT2D eigenvalue weighted by Gasteiger charge is -2.30. The summed E-state index contributed by atoms with van der Waals surface area (Å²) in [5.41, 5.74) is 2.95. The first-order valence-corrected chi connectivity index (χ1v) is 16.8. The van der Waals surface area contributed by atoms with E-state index in [-0.39, 0.29) is 29.9 Å².